The molecule has 0 aliphatic heterocycles. The van der Waals surface area contributed by atoms with E-state index in [9.17, 15) is 4.79 Å². The molecule has 1 aromatic heterocycles. The number of methoxy groups -OCH3 is 1. The molecule has 0 spiro atoms. The number of fused-ring (bicyclic) bond motifs is 2. The largest absolute Gasteiger partial charge is 0.496 e. The summed E-state index contributed by atoms with van der Waals surface area (Å²) in [7, 11) is 1.56. The smallest absolute Gasteiger partial charge is 0.255 e. The summed E-state index contributed by atoms with van der Waals surface area (Å²) in [5.74, 6) is 2.02. The summed E-state index contributed by atoms with van der Waals surface area (Å²) in [6, 6.07) is 29.4. The van der Waals surface area contributed by atoms with Crippen LogP contribution in [0.15, 0.2) is 91.0 Å². The molecule has 1 atom stereocenters. The maximum atomic E-state index is 13.0. The number of aromatic nitrogens is 2. The predicted octanol–water partition coefficient (Wildman–Crippen LogP) is 6.16. The third kappa shape index (κ3) is 4.89. The zero-order valence-corrected chi connectivity index (χ0v) is 20.5. The predicted molar refractivity (Wildman–Crippen MR) is 143 cm³/mol. The number of hydrogen-bond donors (Lipinski definition) is 1. The number of nitrogens with one attached hydrogen (secondary N) is 1. The molecule has 5 rings (SSSR count). The average Bonchev–Trinajstić information content (AvgIpc) is 3.29. The van der Waals surface area contributed by atoms with Crippen LogP contribution in [0.2, 0.25) is 0 Å². The first kappa shape index (κ1) is 23.4. The van der Waals surface area contributed by atoms with E-state index < -0.39 is 0 Å². The SMILES string of the molecule is COc1ccccc1C(=O)NC(C)c1nc2ccccc2n1CCCOc1ccc2ccccc2c1. The molecule has 0 bridgehead atoms. The third-order valence-electron chi connectivity index (χ3n) is 6.29. The lowest BCUT2D eigenvalue weighted by Crippen LogP contribution is -2.29. The summed E-state index contributed by atoms with van der Waals surface area (Å²) in [5.41, 5.74) is 2.44. The third-order valence-corrected chi connectivity index (χ3v) is 6.29. The number of para-hydroxylation sites is 3. The number of amides is 1. The van der Waals surface area contributed by atoms with Crippen molar-refractivity contribution in [2.24, 2.45) is 0 Å². The number of carbonyl (C=O) groups is 1. The van der Waals surface area contributed by atoms with Crippen LogP contribution >= 0.6 is 0 Å². The molecule has 4 aromatic carbocycles. The van der Waals surface area contributed by atoms with Crippen molar-refractivity contribution in [2.75, 3.05) is 13.7 Å². The van der Waals surface area contributed by atoms with Gasteiger partial charge in [-0.2, -0.15) is 0 Å². The Balaban J connectivity index is 1.30. The van der Waals surface area contributed by atoms with Crippen LogP contribution in [-0.2, 0) is 6.54 Å². The van der Waals surface area contributed by atoms with E-state index in [1.54, 1.807) is 19.2 Å². The first-order chi connectivity index (χ1) is 17.6. The van der Waals surface area contributed by atoms with E-state index in [1.807, 2.05) is 55.5 Å². The number of rotatable bonds is 9. The fraction of sp³-hybridized carbons (Fsp3) is 0.200. The Morgan fingerprint density at radius 1 is 0.944 bits per heavy atom. The van der Waals surface area contributed by atoms with Crippen LogP contribution in [0.25, 0.3) is 21.8 Å². The van der Waals surface area contributed by atoms with E-state index in [4.69, 9.17) is 14.5 Å². The van der Waals surface area contributed by atoms with Gasteiger partial charge in [0.1, 0.15) is 17.3 Å². The van der Waals surface area contributed by atoms with Crippen LogP contribution in [0.1, 0.15) is 35.6 Å². The van der Waals surface area contributed by atoms with Crippen molar-refractivity contribution in [1.82, 2.24) is 14.9 Å². The number of imidazole rings is 1. The molecule has 36 heavy (non-hydrogen) atoms. The molecule has 6 nitrogen and oxygen atoms in total. The van der Waals surface area contributed by atoms with Gasteiger partial charge in [-0.05, 0) is 60.5 Å². The highest BCUT2D eigenvalue weighted by molar-refractivity contribution is 5.97. The topological polar surface area (TPSA) is 65.4 Å². The summed E-state index contributed by atoms with van der Waals surface area (Å²) in [6.45, 7) is 3.25. The van der Waals surface area contributed by atoms with Gasteiger partial charge in [0.15, 0.2) is 0 Å². The standard InChI is InChI=1S/C30H29N3O3/c1-21(31-30(34)25-12-5-8-15-28(25)35-2)29-32-26-13-6-7-14-27(26)33(29)18-9-19-36-24-17-16-22-10-3-4-11-23(22)20-24/h3-8,10-17,20-21H,9,18-19H2,1-2H3,(H,31,34). The number of hydrogen-bond acceptors (Lipinski definition) is 4. The molecular formula is C30H29N3O3. The molecule has 0 fully saturated rings. The Bertz CT molecular complexity index is 1510. The van der Waals surface area contributed by atoms with Crippen molar-refractivity contribution in [2.45, 2.75) is 25.9 Å². The molecule has 0 aliphatic rings. The molecule has 1 heterocycles. The van der Waals surface area contributed by atoms with Crippen LogP contribution in [0.5, 0.6) is 11.5 Å². The minimum atomic E-state index is -0.295. The lowest BCUT2D eigenvalue weighted by atomic mass is 10.1. The molecule has 0 aliphatic carbocycles. The van der Waals surface area contributed by atoms with Crippen LogP contribution in [0, 0.1) is 0 Å². The van der Waals surface area contributed by atoms with Gasteiger partial charge in [-0.15, -0.1) is 0 Å². The van der Waals surface area contributed by atoms with Gasteiger partial charge in [0.2, 0.25) is 0 Å². The van der Waals surface area contributed by atoms with E-state index in [2.05, 4.69) is 40.2 Å². The molecule has 6 heteroatoms. The van der Waals surface area contributed by atoms with Gasteiger partial charge in [0.05, 0.1) is 36.4 Å². The van der Waals surface area contributed by atoms with Crippen molar-refractivity contribution in [3.8, 4) is 11.5 Å². The number of ether oxygens (including phenoxy) is 2. The lowest BCUT2D eigenvalue weighted by Gasteiger charge is -2.17. The average molecular weight is 480 g/mol. The highest BCUT2D eigenvalue weighted by Crippen LogP contribution is 2.24. The monoisotopic (exact) mass is 479 g/mol. The summed E-state index contributed by atoms with van der Waals surface area (Å²) in [4.78, 5) is 17.8. The van der Waals surface area contributed by atoms with E-state index in [1.165, 1.54) is 5.39 Å². The second-order valence-corrected chi connectivity index (χ2v) is 8.72. The normalized spacial score (nSPS) is 11.9. The van der Waals surface area contributed by atoms with Crippen LogP contribution in [-0.4, -0.2) is 29.2 Å². The highest BCUT2D eigenvalue weighted by Gasteiger charge is 2.20. The second kappa shape index (κ2) is 10.5. The molecule has 5 aromatic rings. The van der Waals surface area contributed by atoms with Crippen molar-refractivity contribution in [1.29, 1.82) is 0 Å². The first-order valence-corrected chi connectivity index (χ1v) is 12.1. The van der Waals surface area contributed by atoms with E-state index >= 15 is 0 Å². The molecule has 0 saturated carbocycles. The minimum Gasteiger partial charge on any atom is -0.496 e. The second-order valence-electron chi connectivity index (χ2n) is 8.72. The maximum absolute atomic E-state index is 13.0. The van der Waals surface area contributed by atoms with Gasteiger partial charge in [-0.25, -0.2) is 4.98 Å². The maximum Gasteiger partial charge on any atom is 0.255 e. The van der Waals surface area contributed by atoms with Gasteiger partial charge < -0.3 is 19.4 Å². The number of nitrogens with zero attached hydrogens (tertiary/aromatic N) is 2. The molecular weight excluding hydrogens is 450 g/mol. The molecule has 0 radical (unpaired) electrons. The molecule has 182 valence electrons. The van der Waals surface area contributed by atoms with E-state index in [-0.39, 0.29) is 11.9 Å². The Morgan fingerprint density at radius 3 is 2.56 bits per heavy atom. The van der Waals surface area contributed by atoms with E-state index in [0.717, 1.165) is 41.0 Å². The molecule has 1 N–H and O–H groups in total. The number of benzene rings is 4. The fourth-order valence-corrected chi connectivity index (χ4v) is 4.50. The summed E-state index contributed by atoms with van der Waals surface area (Å²) >= 11 is 0. The summed E-state index contributed by atoms with van der Waals surface area (Å²) < 4.78 is 13.6. The van der Waals surface area contributed by atoms with Gasteiger partial charge in [0.25, 0.3) is 5.91 Å². The highest BCUT2D eigenvalue weighted by atomic mass is 16.5. The summed E-state index contributed by atoms with van der Waals surface area (Å²) in [5, 5.41) is 5.45. The fourth-order valence-electron chi connectivity index (χ4n) is 4.50. The van der Waals surface area contributed by atoms with Gasteiger partial charge in [0, 0.05) is 6.54 Å². The quantitative estimate of drug-likeness (QED) is 0.257. The zero-order chi connectivity index (χ0) is 24.9. The number of carbonyl (C=O) groups excluding carboxylic acids is 1. The van der Waals surface area contributed by atoms with Crippen molar-refractivity contribution >= 4 is 27.7 Å². The van der Waals surface area contributed by atoms with Gasteiger partial charge in [-0.3, -0.25) is 4.79 Å². The first-order valence-electron chi connectivity index (χ1n) is 12.1. The van der Waals surface area contributed by atoms with Gasteiger partial charge >= 0.3 is 0 Å². The zero-order valence-electron chi connectivity index (χ0n) is 20.5. The Hall–Kier alpha value is -4.32. The molecule has 1 unspecified atom stereocenters. The molecule has 0 saturated heterocycles. The van der Waals surface area contributed by atoms with Crippen molar-refractivity contribution < 1.29 is 14.3 Å². The van der Waals surface area contributed by atoms with Crippen LogP contribution < -0.4 is 14.8 Å². The minimum absolute atomic E-state index is 0.196. The number of aryl methyl sites for hydroxylation is 1. The van der Waals surface area contributed by atoms with Gasteiger partial charge in [-0.1, -0.05) is 54.6 Å². The molecule has 1 amide bonds. The Kier molecular flexibility index (Phi) is 6.85. The lowest BCUT2D eigenvalue weighted by molar-refractivity contribution is 0.0934. The van der Waals surface area contributed by atoms with Crippen LogP contribution in [0.4, 0.5) is 0 Å². The van der Waals surface area contributed by atoms with Crippen LogP contribution in [0.3, 0.4) is 0 Å². The Labute approximate surface area is 210 Å². The van der Waals surface area contributed by atoms with Crippen molar-refractivity contribution in [3.63, 3.8) is 0 Å². The van der Waals surface area contributed by atoms with Crippen molar-refractivity contribution in [3.05, 3.63) is 102 Å². The Morgan fingerprint density at radius 2 is 1.69 bits per heavy atom. The van der Waals surface area contributed by atoms with E-state index in [0.29, 0.717) is 17.9 Å². The summed E-state index contributed by atoms with van der Waals surface area (Å²) in [6.07, 6.45) is 0.799.